The molecule has 0 fully saturated rings. The van der Waals surface area contributed by atoms with Crippen molar-refractivity contribution in [2.45, 2.75) is 18.9 Å². The number of carbonyl (C=O) groups excluding carboxylic acids is 1. The minimum Gasteiger partial charge on any atom is -0.361 e. The summed E-state index contributed by atoms with van der Waals surface area (Å²) >= 11 is 1.66. The van der Waals surface area contributed by atoms with Gasteiger partial charge in [0.05, 0.1) is 0 Å². The molecule has 1 unspecified atom stereocenters. The number of hydrogen-bond donors (Lipinski definition) is 2. The van der Waals surface area contributed by atoms with E-state index in [0.29, 0.717) is 13.0 Å². The molecule has 4 nitrogen and oxygen atoms in total. The largest absolute Gasteiger partial charge is 0.361 e. The second kappa shape index (κ2) is 7.54. The number of para-hydroxylation sites is 1. The Labute approximate surface area is 155 Å². The third-order valence-electron chi connectivity index (χ3n) is 4.54. The summed E-state index contributed by atoms with van der Waals surface area (Å²) in [6.07, 6.45) is 5.95. The zero-order valence-corrected chi connectivity index (χ0v) is 15.0. The molecule has 4 aromatic rings. The second-order valence-electron chi connectivity index (χ2n) is 6.24. The minimum atomic E-state index is 0.0336. The van der Waals surface area contributed by atoms with Gasteiger partial charge in [0.25, 0.3) is 0 Å². The number of rotatable bonds is 6. The van der Waals surface area contributed by atoms with Crippen LogP contribution in [0.5, 0.6) is 0 Å². The lowest BCUT2D eigenvalue weighted by molar-refractivity contribution is -0.121. The van der Waals surface area contributed by atoms with Crippen molar-refractivity contribution in [1.82, 2.24) is 15.3 Å². The highest BCUT2D eigenvalue weighted by atomic mass is 32.1. The van der Waals surface area contributed by atoms with Crippen molar-refractivity contribution in [2.24, 2.45) is 0 Å². The molecule has 0 saturated heterocycles. The second-order valence-corrected chi connectivity index (χ2v) is 7.02. The molecule has 5 heteroatoms. The number of hydrogen-bond acceptors (Lipinski definition) is 3. The zero-order valence-electron chi connectivity index (χ0n) is 14.2. The van der Waals surface area contributed by atoms with Crippen LogP contribution in [0, 0.1) is 0 Å². The van der Waals surface area contributed by atoms with Gasteiger partial charge in [0.2, 0.25) is 5.91 Å². The fourth-order valence-electron chi connectivity index (χ4n) is 3.22. The van der Waals surface area contributed by atoms with Crippen molar-refractivity contribution in [1.29, 1.82) is 0 Å². The van der Waals surface area contributed by atoms with Gasteiger partial charge in [-0.25, -0.2) is 0 Å². The average Bonchev–Trinajstić information content (AvgIpc) is 3.35. The topological polar surface area (TPSA) is 57.8 Å². The average molecular weight is 361 g/mol. The maximum absolute atomic E-state index is 12.6. The van der Waals surface area contributed by atoms with E-state index >= 15 is 0 Å². The van der Waals surface area contributed by atoms with E-state index in [1.807, 2.05) is 30.5 Å². The zero-order chi connectivity index (χ0) is 17.8. The van der Waals surface area contributed by atoms with E-state index in [1.54, 1.807) is 23.7 Å². The number of pyridine rings is 1. The summed E-state index contributed by atoms with van der Waals surface area (Å²) in [6.45, 7) is 0.497. The first-order chi connectivity index (χ1) is 12.8. The Hall–Kier alpha value is -2.92. The molecule has 26 heavy (non-hydrogen) atoms. The lowest BCUT2D eigenvalue weighted by atomic mass is 9.89. The van der Waals surface area contributed by atoms with Crippen molar-refractivity contribution in [3.63, 3.8) is 0 Å². The molecule has 130 valence electrons. The molecule has 3 heterocycles. The smallest absolute Gasteiger partial charge is 0.221 e. The van der Waals surface area contributed by atoms with E-state index in [1.165, 1.54) is 10.9 Å². The molecule has 0 saturated carbocycles. The number of nitrogens with one attached hydrogen (secondary N) is 2. The highest BCUT2D eigenvalue weighted by Gasteiger charge is 2.21. The molecule has 2 N–H and O–H groups in total. The SMILES string of the molecule is O=C(CC(c1ccsc1)c1c[nH]c2ccccc12)NCc1cccnc1. The molecule has 1 aromatic carbocycles. The van der Waals surface area contributed by atoms with Gasteiger partial charge in [0, 0.05) is 48.4 Å². The molecule has 3 aromatic heterocycles. The lowest BCUT2D eigenvalue weighted by Crippen LogP contribution is -2.24. The van der Waals surface area contributed by atoms with Gasteiger partial charge >= 0.3 is 0 Å². The molecular formula is C21H19N3OS. The number of benzene rings is 1. The predicted molar refractivity (Wildman–Crippen MR) is 105 cm³/mol. The lowest BCUT2D eigenvalue weighted by Gasteiger charge is -2.15. The van der Waals surface area contributed by atoms with Crippen LogP contribution in [0.4, 0.5) is 0 Å². The Morgan fingerprint density at radius 1 is 1.19 bits per heavy atom. The Balaban J connectivity index is 1.56. The Bertz CT molecular complexity index is 992. The van der Waals surface area contributed by atoms with Crippen LogP contribution in [0.25, 0.3) is 10.9 Å². The van der Waals surface area contributed by atoms with Crippen LogP contribution in [-0.4, -0.2) is 15.9 Å². The van der Waals surface area contributed by atoms with Gasteiger partial charge in [0.1, 0.15) is 0 Å². The van der Waals surface area contributed by atoms with Crippen molar-refractivity contribution in [3.8, 4) is 0 Å². The number of aromatic nitrogens is 2. The maximum atomic E-state index is 12.6. The number of fused-ring (bicyclic) bond motifs is 1. The fourth-order valence-corrected chi connectivity index (χ4v) is 3.94. The summed E-state index contributed by atoms with van der Waals surface area (Å²) in [7, 11) is 0. The first-order valence-electron chi connectivity index (χ1n) is 8.55. The van der Waals surface area contributed by atoms with E-state index in [4.69, 9.17) is 0 Å². The first-order valence-corrected chi connectivity index (χ1v) is 9.49. The molecule has 0 aliphatic heterocycles. The van der Waals surface area contributed by atoms with E-state index in [9.17, 15) is 4.79 Å². The minimum absolute atomic E-state index is 0.0336. The first kappa shape index (κ1) is 16.5. The third-order valence-corrected chi connectivity index (χ3v) is 5.25. The molecule has 1 atom stereocenters. The maximum Gasteiger partial charge on any atom is 0.221 e. The fraction of sp³-hybridized carbons (Fsp3) is 0.143. The molecule has 0 aliphatic carbocycles. The van der Waals surface area contributed by atoms with Crippen LogP contribution in [0.3, 0.4) is 0 Å². The molecule has 0 bridgehead atoms. The quantitative estimate of drug-likeness (QED) is 0.533. The Kier molecular flexibility index (Phi) is 4.80. The summed E-state index contributed by atoms with van der Waals surface area (Å²) < 4.78 is 0. The predicted octanol–water partition coefficient (Wildman–Crippen LogP) is 4.46. The number of thiophene rings is 1. The van der Waals surface area contributed by atoms with Crippen LogP contribution in [0.2, 0.25) is 0 Å². The Morgan fingerprint density at radius 2 is 2.12 bits per heavy atom. The van der Waals surface area contributed by atoms with Crippen LogP contribution >= 0.6 is 11.3 Å². The van der Waals surface area contributed by atoms with E-state index in [0.717, 1.165) is 16.6 Å². The van der Waals surface area contributed by atoms with Crippen molar-refractivity contribution < 1.29 is 4.79 Å². The van der Waals surface area contributed by atoms with Crippen molar-refractivity contribution in [3.05, 3.63) is 88.5 Å². The standard InChI is InChI=1S/C21H19N3OS/c25-21(24-12-15-4-3-8-22-11-15)10-18(16-7-9-26-14-16)19-13-23-20-6-2-1-5-17(19)20/h1-9,11,13-14,18,23H,10,12H2,(H,24,25). The summed E-state index contributed by atoms with van der Waals surface area (Å²) in [5.74, 6) is 0.0710. The highest BCUT2D eigenvalue weighted by molar-refractivity contribution is 7.08. The molecule has 0 aliphatic rings. The number of aromatic amines is 1. The summed E-state index contributed by atoms with van der Waals surface area (Å²) in [5.41, 5.74) is 4.44. The van der Waals surface area contributed by atoms with Gasteiger partial charge in [-0.15, -0.1) is 0 Å². The number of nitrogens with zero attached hydrogens (tertiary/aromatic N) is 1. The van der Waals surface area contributed by atoms with E-state index in [2.05, 4.69) is 44.2 Å². The summed E-state index contributed by atoms with van der Waals surface area (Å²) in [6, 6.07) is 14.2. The normalized spacial score (nSPS) is 12.2. The van der Waals surface area contributed by atoms with Gasteiger partial charge < -0.3 is 10.3 Å². The molecule has 1 amide bonds. The number of H-pyrrole nitrogens is 1. The molecular weight excluding hydrogens is 342 g/mol. The van der Waals surface area contributed by atoms with Crippen LogP contribution in [-0.2, 0) is 11.3 Å². The summed E-state index contributed by atoms with van der Waals surface area (Å²) in [4.78, 5) is 20.0. The molecule has 0 radical (unpaired) electrons. The van der Waals surface area contributed by atoms with Gasteiger partial charge in [-0.3, -0.25) is 9.78 Å². The van der Waals surface area contributed by atoms with E-state index in [-0.39, 0.29) is 11.8 Å². The number of amides is 1. The monoisotopic (exact) mass is 361 g/mol. The van der Waals surface area contributed by atoms with Gasteiger partial charge in [-0.1, -0.05) is 24.3 Å². The van der Waals surface area contributed by atoms with Gasteiger partial charge in [-0.2, -0.15) is 11.3 Å². The molecule has 0 spiro atoms. The van der Waals surface area contributed by atoms with Crippen molar-refractivity contribution in [2.75, 3.05) is 0 Å². The summed E-state index contributed by atoms with van der Waals surface area (Å²) in [5, 5.41) is 8.37. The Morgan fingerprint density at radius 3 is 2.92 bits per heavy atom. The van der Waals surface area contributed by atoms with Gasteiger partial charge in [0.15, 0.2) is 0 Å². The van der Waals surface area contributed by atoms with Crippen molar-refractivity contribution >= 4 is 28.1 Å². The third kappa shape index (κ3) is 3.53. The molecule has 4 rings (SSSR count). The van der Waals surface area contributed by atoms with Crippen LogP contribution in [0.1, 0.15) is 29.0 Å². The van der Waals surface area contributed by atoms with Crippen LogP contribution in [0.15, 0.2) is 71.8 Å². The van der Waals surface area contributed by atoms with Gasteiger partial charge in [-0.05, 0) is 45.6 Å². The number of carbonyl (C=O) groups is 1. The highest BCUT2D eigenvalue weighted by Crippen LogP contribution is 2.34. The van der Waals surface area contributed by atoms with Crippen LogP contribution < -0.4 is 5.32 Å². The van der Waals surface area contributed by atoms with E-state index < -0.39 is 0 Å².